The molecule has 426 valence electrons. The standard InChI is InChI=1S/C50H74N4O22/c1-27(58)54-38-41(65)45(75-50-44(68)46(40(64)33(24-56)73-50)76-49-43(67)42(66)39(63)32(23-55)72-49)34(25-57)74-48(38)70-21-9-20-52-36(60)26-71-31-16-14-28(15-17-31)29-10-8-11-30(22-29)47(69)53-19-7-2-4-12-35(59)51-18-6-3-5-13-37(61)62/h8,10-11,14-17,22,32-34,38-46,48-50,55-57,63-68H,2-7,9,12-13,18-21,23-26H2,1H3,(H,51,59)(H,52,60)(H,53,69)(H,54,58)(H,61,62)/t32?,33?,34?,38?,39-,40-,41?,42?,43?,44?,45+,46?,48+,49+,50-/m0/s1. The number of carboxylic acid groups (broad SMARTS) is 1. The number of rotatable bonds is 30. The van der Waals surface area contributed by atoms with E-state index in [-0.39, 0.29) is 44.4 Å². The normalized spacial score (nSPS) is 29.5. The maximum Gasteiger partial charge on any atom is 0.303 e. The molecule has 0 aliphatic carbocycles. The number of unbranched alkanes of at least 4 members (excludes halogenated alkanes) is 4. The largest absolute Gasteiger partial charge is 0.484 e. The summed E-state index contributed by atoms with van der Waals surface area (Å²) in [4.78, 5) is 60.4. The van der Waals surface area contributed by atoms with Crippen molar-refractivity contribution < 1.29 is 108 Å². The number of benzene rings is 2. The lowest BCUT2D eigenvalue weighted by atomic mass is 9.95. The summed E-state index contributed by atoms with van der Waals surface area (Å²) < 4.78 is 39.8. The Balaban J connectivity index is 1.02. The molecule has 26 nitrogen and oxygen atoms in total. The van der Waals surface area contributed by atoms with Crippen molar-refractivity contribution in [3.63, 3.8) is 0 Å². The van der Waals surface area contributed by atoms with Gasteiger partial charge in [-0.2, -0.15) is 0 Å². The molecule has 0 radical (unpaired) electrons. The summed E-state index contributed by atoms with van der Waals surface area (Å²) in [5.74, 6) is -1.76. The van der Waals surface area contributed by atoms with Crippen LogP contribution in [0.2, 0.25) is 0 Å². The van der Waals surface area contributed by atoms with Gasteiger partial charge in [-0.25, -0.2) is 0 Å². The first-order valence-electron chi connectivity index (χ1n) is 25.4. The number of carbonyl (C=O) groups is 5. The lowest BCUT2D eigenvalue weighted by Crippen LogP contribution is -2.68. The van der Waals surface area contributed by atoms with Crippen LogP contribution in [0.4, 0.5) is 0 Å². The van der Waals surface area contributed by atoms with Crippen molar-refractivity contribution in [3.05, 3.63) is 54.1 Å². The molecule has 0 bridgehead atoms. The zero-order valence-electron chi connectivity index (χ0n) is 42.2. The van der Waals surface area contributed by atoms with Crippen LogP contribution in [-0.4, -0.2) is 225 Å². The summed E-state index contributed by atoms with van der Waals surface area (Å²) >= 11 is 0. The number of aliphatic carboxylic acids is 1. The molecule has 3 heterocycles. The second-order valence-corrected chi connectivity index (χ2v) is 18.6. The fourth-order valence-electron chi connectivity index (χ4n) is 8.65. The zero-order chi connectivity index (χ0) is 55.3. The van der Waals surface area contributed by atoms with Crippen LogP contribution >= 0.6 is 0 Å². The van der Waals surface area contributed by atoms with Gasteiger partial charge in [0.2, 0.25) is 11.8 Å². The molecule has 2 aromatic rings. The molecule has 0 spiro atoms. The van der Waals surface area contributed by atoms with Gasteiger partial charge in [0.05, 0.1) is 26.4 Å². The summed E-state index contributed by atoms with van der Waals surface area (Å²) in [6.45, 7) is -0.612. The molecule has 76 heavy (non-hydrogen) atoms. The highest BCUT2D eigenvalue weighted by Crippen LogP contribution is 2.33. The van der Waals surface area contributed by atoms with Crippen molar-refractivity contribution in [1.29, 1.82) is 0 Å². The van der Waals surface area contributed by atoms with Gasteiger partial charge < -0.3 is 105 Å². The van der Waals surface area contributed by atoms with Crippen molar-refractivity contribution in [2.45, 2.75) is 157 Å². The Kier molecular flexibility index (Phi) is 25.6. The Morgan fingerprint density at radius 1 is 0.566 bits per heavy atom. The van der Waals surface area contributed by atoms with Crippen LogP contribution in [0.5, 0.6) is 5.75 Å². The van der Waals surface area contributed by atoms with Crippen molar-refractivity contribution in [2.75, 3.05) is 52.7 Å². The minimum Gasteiger partial charge on any atom is -0.484 e. The lowest BCUT2D eigenvalue weighted by Gasteiger charge is -2.48. The van der Waals surface area contributed by atoms with Gasteiger partial charge in [-0.15, -0.1) is 0 Å². The number of ether oxygens (including phenoxy) is 7. The van der Waals surface area contributed by atoms with Gasteiger partial charge in [-0.1, -0.05) is 37.1 Å². The summed E-state index contributed by atoms with van der Waals surface area (Å²) in [5.41, 5.74) is 2.07. The van der Waals surface area contributed by atoms with Gasteiger partial charge >= 0.3 is 5.97 Å². The fraction of sp³-hybridized carbons (Fsp3) is 0.660. The number of aliphatic hydroxyl groups excluding tert-OH is 9. The van der Waals surface area contributed by atoms with E-state index in [1.807, 2.05) is 6.07 Å². The Morgan fingerprint density at radius 2 is 1.16 bits per heavy atom. The van der Waals surface area contributed by atoms with Gasteiger partial charge in [0.15, 0.2) is 25.5 Å². The number of carbonyl (C=O) groups excluding carboxylic acids is 4. The zero-order valence-corrected chi connectivity index (χ0v) is 42.2. The van der Waals surface area contributed by atoms with E-state index in [0.29, 0.717) is 50.1 Å². The van der Waals surface area contributed by atoms with Crippen LogP contribution in [0.1, 0.15) is 75.1 Å². The number of hydrogen-bond donors (Lipinski definition) is 14. The quantitative estimate of drug-likeness (QED) is 0.0345. The van der Waals surface area contributed by atoms with E-state index in [0.717, 1.165) is 37.3 Å². The molecular formula is C50H74N4O22. The molecule has 26 heteroatoms. The van der Waals surface area contributed by atoms with Crippen molar-refractivity contribution in [2.24, 2.45) is 0 Å². The minimum atomic E-state index is -1.98. The van der Waals surface area contributed by atoms with Gasteiger partial charge in [-0.3, -0.25) is 24.0 Å². The van der Waals surface area contributed by atoms with E-state index in [4.69, 9.17) is 38.3 Å². The van der Waals surface area contributed by atoms with Gasteiger partial charge in [0.1, 0.15) is 78.9 Å². The van der Waals surface area contributed by atoms with E-state index in [2.05, 4.69) is 21.3 Å². The smallest absolute Gasteiger partial charge is 0.303 e. The Morgan fingerprint density at radius 3 is 1.82 bits per heavy atom. The molecular weight excluding hydrogens is 1010 g/mol. The summed E-state index contributed by atoms with van der Waals surface area (Å²) in [7, 11) is 0. The molecule has 5 rings (SSSR count). The number of carboxylic acids is 1. The highest BCUT2D eigenvalue weighted by molar-refractivity contribution is 5.95. The molecule has 3 aliphatic heterocycles. The SMILES string of the molecule is CC(=O)NC1C(O)[C@H](O[C@@H]2OC(CO)[C@H](O)C(O[C@H]3OC(CO)[C@H](O)C(O)C3O)C2O)C(CO)O[C@H]1OCCCNC(=O)COc1ccc(-c2cccc(C(=O)NCCCCCC(=O)NCCCCCC(=O)O)c2)cc1. The van der Waals surface area contributed by atoms with E-state index in [1.54, 1.807) is 42.5 Å². The van der Waals surface area contributed by atoms with Crippen molar-refractivity contribution in [1.82, 2.24) is 21.3 Å². The molecule has 4 amide bonds. The van der Waals surface area contributed by atoms with Crippen LogP contribution in [0.25, 0.3) is 11.1 Å². The van der Waals surface area contributed by atoms with Crippen LogP contribution < -0.4 is 26.0 Å². The number of nitrogens with one attached hydrogen (secondary N) is 4. The summed E-state index contributed by atoms with van der Waals surface area (Å²) in [6.07, 6.45) is -18.8. The van der Waals surface area contributed by atoms with Gasteiger partial charge in [0.25, 0.3) is 11.8 Å². The number of aliphatic hydroxyl groups is 9. The topological polar surface area (TPSA) is 400 Å². The fourth-order valence-corrected chi connectivity index (χ4v) is 8.65. The summed E-state index contributed by atoms with van der Waals surface area (Å²) in [5, 5.41) is 114. The molecule has 14 N–H and O–H groups in total. The highest BCUT2D eigenvalue weighted by Gasteiger charge is 2.54. The van der Waals surface area contributed by atoms with E-state index in [9.17, 15) is 69.9 Å². The van der Waals surface area contributed by atoms with Crippen LogP contribution in [0, 0.1) is 0 Å². The van der Waals surface area contributed by atoms with Crippen molar-refractivity contribution in [3.8, 4) is 16.9 Å². The molecule has 3 aliphatic rings. The second kappa shape index (κ2) is 31.4. The third kappa shape index (κ3) is 18.3. The van der Waals surface area contributed by atoms with E-state index >= 15 is 0 Å². The third-order valence-corrected chi connectivity index (χ3v) is 12.8. The minimum absolute atomic E-state index is 0.0468. The highest BCUT2D eigenvalue weighted by atomic mass is 16.8. The van der Waals surface area contributed by atoms with Crippen LogP contribution in [0.3, 0.4) is 0 Å². The molecule has 3 saturated heterocycles. The van der Waals surface area contributed by atoms with Crippen molar-refractivity contribution >= 4 is 29.6 Å². The average Bonchev–Trinajstić information content (AvgIpc) is 3.40. The first-order chi connectivity index (χ1) is 36.4. The monoisotopic (exact) mass is 1080 g/mol. The molecule has 9 unspecified atom stereocenters. The van der Waals surface area contributed by atoms with E-state index < -0.39 is 130 Å². The van der Waals surface area contributed by atoms with E-state index in [1.165, 1.54) is 0 Å². The predicted molar refractivity (Wildman–Crippen MR) is 261 cm³/mol. The number of amides is 4. The second-order valence-electron chi connectivity index (χ2n) is 18.6. The lowest BCUT2D eigenvalue weighted by molar-refractivity contribution is -0.376. The Bertz CT molecular complexity index is 2120. The molecule has 0 aromatic heterocycles. The van der Waals surface area contributed by atoms with Crippen LogP contribution in [-0.2, 0) is 47.6 Å². The first-order valence-corrected chi connectivity index (χ1v) is 25.4. The predicted octanol–water partition coefficient (Wildman–Crippen LogP) is -3.10. The molecule has 2 aromatic carbocycles. The average molecular weight is 1080 g/mol. The molecule has 15 atom stereocenters. The van der Waals surface area contributed by atoms with Gasteiger partial charge in [0, 0.05) is 45.0 Å². The molecule has 0 saturated carbocycles. The summed E-state index contributed by atoms with van der Waals surface area (Å²) in [6, 6.07) is 12.7. The van der Waals surface area contributed by atoms with Crippen LogP contribution in [0.15, 0.2) is 48.5 Å². The van der Waals surface area contributed by atoms with Gasteiger partial charge in [-0.05, 0) is 67.5 Å². The third-order valence-electron chi connectivity index (χ3n) is 12.8. The Hall–Kier alpha value is -5.01. The number of hydrogen-bond acceptors (Lipinski definition) is 21. The maximum atomic E-state index is 12.9. The maximum absolute atomic E-state index is 12.9. The Labute approximate surface area is 438 Å². The molecule has 3 fully saturated rings. The first kappa shape index (κ1) is 61.8.